The molecular formula is C30H30ClF2N5O2. The van der Waals surface area contributed by atoms with Crippen molar-refractivity contribution in [3.63, 3.8) is 0 Å². The fraction of sp³-hybridized carbons (Fsp3) is 0.300. The van der Waals surface area contributed by atoms with Gasteiger partial charge in [0.1, 0.15) is 6.54 Å². The average molecular weight is 566 g/mol. The van der Waals surface area contributed by atoms with Crippen molar-refractivity contribution in [2.24, 2.45) is 5.92 Å². The molecule has 0 aromatic heterocycles. The van der Waals surface area contributed by atoms with Crippen molar-refractivity contribution in [1.29, 1.82) is 5.26 Å². The summed E-state index contributed by atoms with van der Waals surface area (Å²) in [5, 5.41) is 19.5. The van der Waals surface area contributed by atoms with E-state index >= 15 is 0 Å². The molecule has 0 saturated heterocycles. The molecule has 2 aromatic rings. The van der Waals surface area contributed by atoms with Gasteiger partial charge in [-0.15, -0.1) is 0 Å². The lowest BCUT2D eigenvalue weighted by atomic mass is 9.96. The van der Waals surface area contributed by atoms with Crippen molar-refractivity contribution in [3.8, 4) is 6.07 Å². The third-order valence-electron chi connectivity index (χ3n) is 6.77. The molecule has 40 heavy (non-hydrogen) atoms. The van der Waals surface area contributed by atoms with E-state index in [0.29, 0.717) is 22.2 Å². The van der Waals surface area contributed by atoms with Gasteiger partial charge in [-0.05, 0) is 72.1 Å². The number of allylic oxidation sites excluding steroid dienone is 3. The van der Waals surface area contributed by atoms with Crippen LogP contribution in [0.1, 0.15) is 47.9 Å². The zero-order valence-electron chi connectivity index (χ0n) is 21.8. The van der Waals surface area contributed by atoms with Gasteiger partial charge in [-0.3, -0.25) is 9.59 Å². The van der Waals surface area contributed by atoms with E-state index in [2.05, 4.69) is 27.8 Å². The van der Waals surface area contributed by atoms with Crippen LogP contribution in [0.2, 0.25) is 5.02 Å². The van der Waals surface area contributed by atoms with Crippen LogP contribution in [0.15, 0.2) is 67.4 Å². The number of halogens is 3. The molecule has 7 nitrogen and oxygen atoms in total. The van der Waals surface area contributed by atoms with Crippen LogP contribution in [-0.4, -0.2) is 24.9 Å². The minimum Gasteiger partial charge on any atom is -0.376 e. The van der Waals surface area contributed by atoms with Crippen LogP contribution in [0, 0.1) is 17.2 Å². The van der Waals surface area contributed by atoms with Crippen LogP contribution in [0.5, 0.6) is 0 Å². The molecule has 4 rings (SSSR count). The molecule has 2 amide bonds. The predicted molar refractivity (Wildman–Crippen MR) is 150 cm³/mol. The topological polar surface area (TPSA) is 106 Å². The standard InChI is InChI=1S/C30H30ClF2N5O2/c1-19(26-5-3-2-4-22(26)18-36-28(40)27(39)35-13-12-34)38-30(10-11-30)24-14-23(15-25(31)16-24)21(17-37-29(32)33)9-8-20-6-7-20/h2-5,8-9,14-17,20,29,37-38H,1,6-7,10-11,13,18H2,(H,35,39)(H,36,40)/b9-8-,21-17+. The average Bonchev–Trinajstić information content (AvgIpc) is 3.87. The second kappa shape index (κ2) is 12.8. The molecule has 208 valence electrons. The molecule has 0 heterocycles. The van der Waals surface area contributed by atoms with Gasteiger partial charge in [0.15, 0.2) is 0 Å². The molecule has 0 atom stereocenters. The van der Waals surface area contributed by atoms with Gasteiger partial charge in [-0.2, -0.15) is 14.0 Å². The second-order valence-electron chi connectivity index (χ2n) is 9.86. The van der Waals surface area contributed by atoms with Gasteiger partial charge in [-0.25, -0.2) is 0 Å². The monoisotopic (exact) mass is 565 g/mol. The molecule has 4 N–H and O–H groups in total. The number of benzene rings is 2. The number of nitriles is 1. The normalized spacial score (nSPS) is 15.8. The van der Waals surface area contributed by atoms with Gasteiger partial charge in [0.05, 0.1) is 11.6 Å². The third kappa shape index (κ3) is 7.70. The zero-order valence-corrected chi connectivity index (χ0v) is 22.5. The van der Waals surface area contributed by atoms with Crippen LogP contribution in [-0.2, 0) is 21.7 Å². The highest BCUT2D eigenvalue weighted by Gasteiger charge is 2.45. The molecule has 0 aliphatic heterocycles. The number of hydrogen-bond acceptors (Lipinski definition) is 5. The summed E-state index contributed by atoms with van der Waals surface area (Å²) in [5.74, 6) is -1.24. The van der Waals surface area contributed by atoms with E-state index in [9.17, 15) is 18.4 Å². The maximum absolute atomic E-state index is 12.9. The van der Waals surface area contributed by atoms with E-state index in [1.807, 2.05) is 48.6 Å². The summed E-state index contributed by atoms with van der Waals surface area (Å²) in [5.41, 5.74) is 3.96. The van der Waals surface area contributed by atoms with Crippen molar-refractivity contribution in [1.82, 2.24) is 21.3 Å². The highest BCUT2D eigenvalue weighted by Crippen LogP contribution is 2.48. The molecule has 2 saturated carbocycles. The van der Waals surface area contributed by atoms with Gasteiger partial charge in [0.25, 0.3) is 0 Å². The van der Waals surface area contributed by atoms with E-state index in [0.717, 1.165) is 47.9 Å². The number of amides is 2. The van der Waals surface area contributed by atoms with Crippen LogP contribution >= 0.6 is 11.6 Å². The number of rotatable bonds is 12. The third-order valence-corrected chi connectivity index (χ3v) is 6.99. The maximum Gasteiger partial charge on any atom is 0.312 e. The van der Waals surface area contributed by atoms with Crippen LogP contribution < -0.4 is 21.3 Å². The number of carbonyl (C=O) groups is 2. The first-order chi connectivity index (χ1) is 19.2. The summed E-state index contributed by atoms with van der Waals surface area (Å²) >= 11 is 6.51. The molecule has 2 aliphatic carbocycles. The van der Waals surface area contributed by atoms with Gasteiger partial charge in [0, 0.05) is 29.0 Å². The van der Waals surface area contributed by atoms with Gasteiger partial charge < -0.3 is 21.3 Å². The van der Waals surface area contributed by atoms with Gasteiger partial charge in [-0.1, -0.05) is 54.6 Å². The van der Waals surface area contributed by atoms with Crippen LogP contribution in [0.4, 0.5) is 8.78 Å². The molecule has 2 aromatic carbocycles. The molecule has 2 aliphatic rings. The summed E-state index contributed by atoms with van der Waals surface area (Å²) in [6.07, 6.45) is 9.04. The van der Waals surface area contributed by atoms with Gasteiger partial charge in [0.2, 0.25) is 0 Å². The van der Waals surface area contributed by atoms with Crippen molar-refractivity contribution in [2.45, 2.75) is 44.3 Å². The largest absolute Gasteiger partial charge is 0.376 e. The minimum absolute atomic E-state index is 0.0859. The van der Waals surface area contributed by atoms with Crippen molar-refractivity contribution in [2.75, 3.05) is 6.54 Å². The molecule has 0 spiro atoms. The van der Waals surface area contributed by atoms with Crippen molar-refractivity contribution in [3.05, 3.63) is 94.7 Å². The summed E-state index contributed by atoms with van der Waals surface area (Å²) in [7, 11) is 0. The van der Waals surface area contributed by atoms with E-state index < -0.39 is 23.9 Å². The van der Waals surface area contributed by atoms with E-state index in [1.54, 1.807) is 12.1 Å². The molecule has 0 radical (unpaired) electrons. The first-order valence-corrected chi connectivity index (χ1v) is 13.3. The lowest BCUT2D eigenvalue weighted by Crippen LogP contribution is -2.39. The Morgan fingerprint density at radius 2 is 1.88 bits per heavy atom. The molecule has 10 heteroatoms. The first-order valence-electron chi connectivity index (χ1n) is 12.9. The Labute approximate surface area is 237 Å². The molecular weight excluding hydrogens is 536 g/mol. The number of hydrogen-bond donors (Lipinski definition) is 4. The SMILES string of the molecule is C=C(NC1(c2cc(Cl)cc(C(/C=C\C3CC3)=C/NC(F)F)c2)CC1)c1ccccc1CNC(=O)C(=O)NCC#N. The van der Waals surface area contributed by atoms with E-state index in [-0.39, 0.29) is 13.1 Å². The fourth-order valence-corrected chi connectivity index (χ4v) is 4.57. The lowest BCUT2D eigenvalue weighted by molar-refractivity contribution is -0.139. The van der Waals surface area contributed by atoms with E-state index in [4.69, 9.17) is 16.9 Å². The fourth-order valence-electron chi connectivity index (χ4n) is 4.33. The summed E-state index contributed by atoms with van der Waals surface area (Å²) in [6.45, 7) is 1.38. The predicted octanol–water partition coefficient (Wildman–Crippen LogP) is 4.96. The smallest absolute Gasteiger partial charge is 0.312 e. The number of nitrogens with zero attached hydrogens (tertiary/aromatic N) is 1. The quantitative estimate of drug-likeness (QED) is 0.126. The zero-order chi connectivity index (χ0) is 28.7. The number of alkyl halides is 2. The summed E-state index contributed by atoms with van der Waals surface area (Å²) in [4.78, 5) is 23.9. The summed E-state index contributed by atoms with van der Waals surface area (Å²) in [6, 6.07) is 14.7. The van der Waals surface area contributed by atoms with Gasteiger partial charge >= 0.3 is 18.4 Å². The van der Waals surface area contributed by atoms with Crippen molar-refractivity contribution < 1.29 is 18.4 Å². The van der Waals surface area contributed by atoms with E-state index in [1.165, 1.54) is 6.20 Å². The highest BCUT2D eigenvalue weighted by molar-refractivity contribution is 6.35. The summed E-state index contributed by atoms with van der Waals surface area (Å²) < 4.78 is 25.9. The minimum atomic E-state index is -2.68. The Hall–Kier alpha value is -4.16. The highest BCUT2D eigenvalue weighted by atomic mass is 35.5. The Morgan fingerprint density at radius 3 is 2.55 bits per heavy atom. The molecule has 0 bridgehead atoms. The molecule has 0 unspecified atom stereocenters. The van der Waals surface area contributed by atoms with Crippen LogP contribution in [0.3, 0.4) is 0 Å². The number of carbonyl (C=O) groups excluding carboxylic acids is 2. The maximum atomic E-state index is 12.9. The second-order valence-corrected chi connectivity index (χ2v) is 10.3. The Balaban J connectivity index is 1.52. The Morgan fingerprint density at radius 1 is 1.15 bits per heavy atom. The van der Waals surface area contributed by atoms with Crippen LogP contribution in [0.25, 0.3) is 11.3 Å². The van der Waals surface area contributed by atoms with Crippen molar-refractivity contribution >= 4 is 34.7 Å². The molecule has 2 fully saturated rings. The first kappa shape index (κ1) is 28.8. The Bertz CT molecular complexity index is 1390. The number of nitrogens with one attached hydrogen (secondary N) is 4. The lowest BCUT2D eigenvalue weighted by Gasteiger charge is -2.24. The Kier molecular flexibility index (Phi) is 9.22.